The first-order valence-corrected chi connectivity index (χ1v) is 7.20. The third-order valence-corrected chi connectivity index (χ3v) is 3.96. The van der Waals surface area contributed by atoms with E-state index in [1.165, 1.54) is 4.90 Å². The second-order valence-electron chi connectivity index (χ2n) is 5.50. The van der Waals surface area contributed by atoms with E-state index in [2.05, 4.69) is 4.74 Å². The third-order valence-electron chi connectivity index (χ3n) is 3.96. The lowest BCUT2D eigenvalue weighted by Crippen LogP contribution is -2.36. The molecule has 0 aliphatic carbocycles. The number of aromatic hydroxyl groups is 1. The third kappa shape index (κ3) is 2.45. The Labute approximate surface area is 135 Å². The van der Waals surface area contributed by atoms with Gasteiger partial charge in [-0.3, -0.25) is 16.3 Å². The number of carbonyl (C=O) groups excluding carboxylic acids is 3. The highest BCUT2D eigenvalue weighted by molar-refractivity contribution is 6.22. The molecule has 1 atom stereocenters. The van der Waals surface area contributed by atoms with E-state index in [1.54, 1.807) is 0 Å². The number of halogens is 1. The van der Waals surface area contributed by atoms with E-state index in [4.69, 9.17) is 11.5 Å². The van der Waals surface area contributed by atoms with Gasteiger partial charge in [-0.2, -0.15) is 0 Å². The van der Waals surface area contributed by atoms with Crippen LogP contribution < -0.4 is 16.4 Å². The van der Waals surface area contributed by atoms with Crippen LogP contribution in [0.4, 0.5) is 14.9 Å². The predicted octanol–water partition coefficient (Wildman–Crippen LogP) is -0.180. The lowest BCUT2D eigenvalue weighted by molar-refractivity contribution is -0.119. The van der Waals surface area contributed by atoms with Crippen LogP contribution in [0, 0.1) is 5.82 Å². The highest BCUT2D eigenvalue weighted by Gasteiger charge is 2.49. The topological polar surface area (TPSA) is 139 Å². The van der Waals surface area contributed by atoms with Crippen molar-refractivity contribution < 1.29 is 28.6 Å². The standard InChI is InChI=1S/C14H15FN4O5/c15-7-5-10(20)6(12(22)24-13(16)17)4-9(7)19-11(21)8-2-1-3-18(8)14(19)23/h4-5,8,13,20H,1-3,16-17H2/t8-/m0/s1. The Bertz CT molecular complexity index is 716. The minimum atomic E-state index is -1.44. The van der Waals surface area contributed by atoms with Gasteiger partial charge in [0.25, 0.3) is 5.91 Å². The molecule has 10 heteroatoms. The van der Waals surface area contributed by atoms with Crippen molar-refractivity contribution in [1.82, 2.24) is 4.90 Å². The van der Waals surface area contributed by atoms with Gasteiger partial charge >= 0.3 is 12.0 Å². The number of fused-ring (bicyclic) bond motifs is 1. The maximum atomic E-state index is 14.2. The number of amides is 3. The van der Waals surface area contributed by atoms with Crippen molar-refractivity contribution in [3.8, 4) is 5.75 Å². The Balaban J connectivity index is 2.01. The molecule has 2 aliphatic rings. The van der Waals surface area contributed by atoms with E-state index >= 15 is 0 Å². The van der Waals surface area contributed by atoms with Crippen molar-refractivity contribution in [2.45, 2.75) is 25.2 Å². The molecule has 9 nitrogen and oxygen atoms in total. The number of hydrogen-bond acceptors (Lipinski definition) is 7. The second kappa shape index (κ2) is 5.73. The molecule has 1 aromatic rings. The van der Waals surface area contributed by atoms with Gasteiger partial charge in [-0.15, -0.1) is 0 Å². The summed E-state index contributed by atoms with van der Waals surface area (Å²) in [6.07, 6.45) is -0.247. The Morgan fingerprint density at radius 3 is 2.71 bits per heavy atom. The molecule has 0 bridgehead atoms. The molecule has 2 fully saturated rings. The molecular weight excluding hydrogens is 323 g/mol. The van der Waals surface area contributed by atoms with Crippen molar-refractivity contribution >= 4 is 23.6 Å². The summed E-state index contributed by atoms with van der Waals surface area (Å²) in [6.45, 7) is 0.405. The van der Waals surface area contributed by atoms with E-state index in [0.717, 1.165) is 6.07 Å². The molecule has 128 valence electrons. The summed E-state index contributed by atoms with van der Waals surface area (Å²) in [5, 5.41) is 9.71. The van der Waals surface area contributed by atoms with E-state index in [1.807, 2.05) is 0 Å². The molecule has 24 heavy (non-hydrogen) atoms. The van der Waals surface area contributed by atoms with Crippen molar-refractivity contribution in [3.63, 3.8) is 0 Å². The Morgan fingerprint density at radius 1 is 1.38 bits per heavy atom. The predicted molar refractivity (Wildman–Crippen MR) is 78.3 cm³/mol. The first kappa shape index (κ1) is 16.1. The number of nitrogens with zero attached hydrogens (tertiary/aromatic N) is 2. The molecule has 0 aromatic heterocycles. The van der Waals surface area contributed by atoms with Crippen molar-refractivity contribution in [2.24, 2.45) is 11.5 Å². The summed E-state index contributed by atoms with van der Waals surface area (Å²) >= 11 is 0. The Morgan fingerprint density at radius 2 is 2.08 bits per heavy atom. The van der Waals surface area contributed by atoms with Crippen molar-refractivity contribution in [2.75, 3.05) is 11.4 Å². The van der Waals surface area contributed by atoms with Gasteiger partial charge in [-0.25, -0.2) is 18.9 Å². The summed E-state index contributed by atoms with van der Waals surface area (Å²) in [4.78, 5) is 38.6. The number of imide groups is 1. The van der Waals surface area contributed by atoms with Gasteiger partial charge in [0.15, 0.2) is 5.82 Å². The SMILES string of the molecule is NC(N)OC(=O)c1cc(N2C(=O)[C@@H]3CCCN3C2=O)c(F)cc1O. The van der Waals surface area contributed by atoms with Gasteiger partial charge in [0.05, 0.1) is 5.69 Å². The molecule has 0 spiro atoms. The first-order valence-electron chi connectivity index (χ1n) is 7.20. The van der Waals surface area contributed by atoms with Crippen LogP contribution in [0.3, 0.4) is 0 Å². The average molecular weight is 338 g/mol. The number of rotatable bonds is 3. The number of esters is 1. The fraction of sp³-hybridized carbons (Fsp3) is 0.357. The zero-order chi connectivity index (χ0) is 17.6. The maximum Gasteiger partial charge on any atom is 0.344 e. The van der Waals surface area contributed by atoms with Gasteiger partial charge < -0.3 is 14.7 Å². The molecule has 0 unspecified atom stereocenters. The van der Waals surface area contributed by atoms with Crippen LogP contribution in [-0.2, 0) is 9.53 Å². The maximum absolute atomic E-state index is 14.2. The number of anilines is 1. The largest absolute Gasteiger partial charge is 0.507 e. The van der Waals surface area contributed by atoms with Crippen LogP contribution >= 0.6 is 0 Å². The van der Waals surface area contributed by atoms with E-state index in [0.29, 0.717) is 30.4 Å². The Hall–Kier alpha value is -2.72. The molecule has 2 saturated heterocycles. The minimum Gasteiger partial charge on any atom is -0.507 e. The molecule has 3 amide bonds. The van der Waals surface area contributed by atoms with Gasteiger partial charge in [0.2, 0.25) is 6.35 Å². The number of phenolic OH excluding ortho intramolecular Hbond substituents is 1. The number of hydrogen-bond donors (Lipinski definition) is 3. The Kier molecular flexibility index (Phi) is 3.85. The van der Waals surface area contributed by atoms with Gasteiger partial charge in [0.1, 0.15) is 17.4 Å². The van der Waals surface area contributed by atoms with Gasteiger partial charge in [-0.1, -0.05) is 0 Å². The van der Waals surface area contributed by atoms with E-state index in [-0.39, 0.29) is 0 Å². The summed E-state index contributed by atoms with van der Waals surface area (Å²) in [6, 6.07) is 0.200. The fourth-order valence-corrected chi connectivity index (χ4v) is 2.92. The number of phenols is 1. The molecule has 0 radical (unpaired) electrons. The highest BCUT2D eigenvalue weighted by atomic mass is 19.1. The first-order chi connectivity index (χ1) is 11.3. The number of carbonyl (C=O) groups is 3. The fourth-order valence-electron chi connectivity index (χ4n) is 2.92. The van der Waals surface area contributed by atoms with E-state index in [9.17, 15) is 23.9 Å². The van der Waals surface area contributed by atoms with Crippen molar-refractivity contribution in [1.29, 1.82) is 0 Å². The monoisotopic (exact) mass is 338 g/mol. The second-order valence-corrected chi connectivity index (χ2v) is 5.50. The zero-order valence-corrected chi connectivity index (χ0v) is 12.4. The molecule has 0 saturated carbocycles. The summed E-state index contributed by atoms with van der Waals surface area (Å²) < 4.78 is 18.7. The normalized spacial score (nSPS) is 20.1. The van der Waals surface area contributed by atoms with Gasteiger partial charge in [-0.05, 0) is 18.9 Å². The van der Waals surface area contributed by atoms with Crippen molar-refractivity contribution in [3.05, 3.63) is 23.5 Å². The quantitative estimate of drug-likeness (QED) is 0.394. The smallest absolute Gasteiger partial charge is 0.344 e. The molecule has 1 aromatic carbocycles. The van der Waals surface area contributed by atoms with Crippen LogP contribution in [-0.4, -0.2) is 46.9 Å². The lowest BCUT2D eigenvalue weighted by atomic mass is 10.1. The molecule has 2 aliphatic heterocycles. The van der Waals surface area contributed by atoms with Crippen LogP contribution in [0.15, 0.2) is 12.1 Å². The zero-order valence-electron chi connectivity index (χ0n) is 12.4. The molecular formula is C14H15FN4O5. The van der Waals surface area contributed by atoms with Crippen LogP contribution in [0.1, 0.15) is 23.2 Å². The van der Waals surface area contributed by atoms with Crippen LogP contribution in [0.2, 0.25) is 0 Å². The summed E-state index contributed by atoms with van der Waals surface area (Å²) in [7, 11) is 0. The highest BCUT2D eigenvalue weighted by Crippen LogP contribution is 2.35. The van der Waals surface area contributed by atoms with E-state index < -0.39 is 53.1 Å². The number of urea groups is 1. The van der Waals surface area contributed by atoms with Gasteiger partial charge in [0, 0.05) is 12.6 Å². The molecule has 2 heterocycles. The molecule has 3 rings (SSSR count). The molecule has 5 N–H and O–H groups in total. The minimum absolute atomic E-state index is 0.405. The lowest BCUT2D eigenvalue weighted by Gasteiger charge is -2.18. The average Bonchev–Trinajstić information content (AvgIpc) is 3.04. The summed E-state index contributed by atoms with van der Waals surface area (Å²) in [5.74, 6) is -3.43. The summed E-state index contributed by atoms with van der Waals surface area (Å²) in [5.41, 5.74) is 9.37. The van der Waals surface area contributed by atoms with Crippen LogP contribution in [0.5, 0.6) is 5.75 Å². The number of ether oxygens (including phenoxy) is 1. The number of nitrogens with two attached hydrogens (primary N) is 2. The van der Waals surface area contributed by atoms with Crippen LogP contribution in [0.25, 0.3) is 0 Å². The number of benzene rings is 1.